The van der Waals surface area contributed by atoms with Crippen LogP contribution < -0.4 is 16.5 Å². The number of fused-ring (bicyclic) bond motifs is 1. The van der Waals surface area contributed by atoms with E-state index in [0.717, 1.165) is 15.8 Å². The molecule has 12 heteroatoms. The maximum absolute atomic E-state index is 12.5. The predicted octanol–water partition coefficient (Wildman–Crippen LogP) is 4.18. The fourth-order valence-electron chi connectivity index (χ4n) is 3.06. The Bertz CT molecular complexity index is 1400. The molecule has 1 heterocycles. The molecule has 0 unspecified atom stereocenters. The van der Waals surface area contributed by atoms with Gasteiger partial charge >= 0.3 is 6.03 Å². The normalized spacial score (nSPS) is 12.2. The van der Waals surface area contributed by atoms with E-state index in [0.29, 0.717) is 22.8 Å². The summed E-state index contributed by atoms with van der Waals surface area (Å²) in [4.78, 5) is 26.0. The van der Waals surface area contributed by atoms with Crippen LogP contribution in [0.15, 0.2) is 64.6 Å². The van der Waals surface area contributed by atoms with Crippen molar-refractivity contribution in [2.45, 2.75) is 25.2 Å². The van der Waals surface area contributed by atoms with Gasteiger partial charge < -0.3 is 10.2 Å². The number of sulfonamides is 1. The molecular formula is C24H30N6O4S2. The zero-order valence-corrected chi connectivity index (χ0v) is 22.2. The number of carbonyl (C=O) groups is 1. The molecule has 0 spiro atoms. The van der Waals surface area contributed by atoms with Crippen LogP contribution in [0, 0.1) is 5.92 Å². The average Bonchev–Trinajstić information content (AvgIpc) is 3.24. The second kappa shape index (κ2) is 11.6. The molecule has 4 N–H and O–H groups in total. The van der Waals surface area contributed by atoms with E-state index in [2.05, 4.69) is 27.2 Å². The lowest BCUT2D eigenvalue weighted by Crippen LogP contribution is -2.31. The van der Waals surface area contributed by atoms with Crippen LogP contribution >= 0.6 is 11.3 Å². The second-order valence-electron chi connectivity index (χ2n) is 8.42. The number of allylic oxidation sites excluding steroid dienone is 1. The number of aliphatic imine (C=N–C) groups is 1. The summed E-state index contributed by atoms with van der Waals surface area (Å²) in [5.74, 6) is 5.70. The number of aromatic nitrogens is 1. The van der Waals surface area contributed by atoms with Gasteiger partial charge in [-0.25, -0.2) is 27.5 Å². The Labute approximate surface area is 214 Å². The molecule has 0 saturated carbocycles. The van der Waals surface area contributed by atoms with Crippen molar-refractivity contribution in [2.75, 3.05) is 26.0 Å². The van der Waals surface area contributed by atoms with E-state index in [4.69, 9.17) is 10.7 Å². The summed E-state index contributed by atoms with van der Waals surface area (Å²) < 4.78 is 27.0. The molecule has 0 aliphatic heterocycles. The first kappa shape index (κ1) is 27.3. The molecule has 0 fully saturated rings. The Kier molecular flexibility index (Phi) is 8.79. The van der Waals surface area contributed by atoms with Crippen LogP contribution in [0.2, 0.25) is 0 Å². The molecule has 0 bridgehead atoms. The van der Waals surface area contributed by atoms with Crippen LogP contribution in [0.3, 0.4) is 0 Å². The van der Waals surface area contributed by atoms with Crippen molar-refractivity contribution in [3.05, 3.63) is 54.7 Å². The van der Waals surface area contributed by atoms with E-state index >= 15 is 0 Å². The number of thiazole rings is 1. The van der Waals surface area contributed by atoms with Crippen LogP contribution in [0.25, 0.3) is 21.3 Å². The van der Waals surface area contributed by atoms with Gasteiger partial charge in [0.25, 0.3) is 0 Å². The van der Waals surface area contributed by atoms with Gasteiger partial charge in [-0.3, -0.25) is 5.32 Å². The van der Waals surface area contributed by atoms with Gasteiger partial charge in [-0.05, 0) is 41.3 Å². The van der Waals surface area contributed by atoms with Crippen LogP contribution in [0.1, 0.15) is 20.3 Å². The molecule has 192 valence electrons. The average molecular weight is 531 g/mol. The summed E-state index contributed by atoms with van der Waals surface area (Å²) in [5, 5.41) is 5.88. The molecule has 0 radical (unpaired) electrons. The number of nitrogens with zero attached hydrogens (tertiary/aromatic N) is 3. The Hall–Kier alpha value is -3.32. The summed E-state index contributed by atoms with van der Waals surface area (Å²) >= 11 is 1.32. The van der Waals surface area contributed by atoms with Gasteiger partial charge in [-0.15, -0.1) is 0 Å². The largest absolute Gasteiger partial charge is 0.396 e. The summed E-state index contributed by atoms with van der Waals surface area (Å²) in [6.45, 7) is 8.02. The first-order valence-electron chi connectivity index (χ1n) is 11.1. The van der Waals surface area contributed by atoms with Gasteiger partial charge in [0.15, 0.2) is 5.13 Å². The molecule has 1 aromatic heterocycles. The van der Waals surface area contributed by atoms with E-state index in [-0.39, 0.29) is 23.3 Å². The van der Waals surface area contributed by atoms with Crippen LogP contribution in [-0.2, 0) is 14.9 Å². The first-order valence-corrected chi connectivity index (χ1v) is 13.4. The van der Waals surface area contributed by atoms with E-state index in [1.807, 2.05) is 38.1 Å². The number of carbonyl (C=O) groups excluding carboxylic acids is 1. The lowest BCUT2D eigenvalue weighted by atomic mass is 10.1. The van der Waals surface area contributed by atoms with Crippen LogP contribution in [0.4, 0.5) is 9.93 Å². The van der Waals surface area contributed by atoms with Crippen molar-refractivity contribution < 1.29 is 18.0 Å². The minimum absolute atomic E-state index is 0.154. The standard InChI is InChI=1S/C24H30N6O4S2/c1-15(2)16(3)27-22(34-25)11-12-26-23(31)29-24-28-20-10-9-18(14-21(20)35-24)17-7-6-8-19(13-17)36(32,33)30(4)5/h6-10,13-15H,3,11-12,25H2,1-2,4-5H3,(H2,26,28,29,31). The van der Waals surface area contributed by atoms with Gasteiger partial charge in [0.1, 0.15) is 0 Å². The zero-order valence-electron chi connectivity index (χ0n) is 20.6. The van der Waals surface area contributed by atoms with Crippen LogP contribution in [-0.4, -0.2) is 50.3 Å². The third kappa shape index (κ3) is 6.66. The molecule has 0 aliphatic rings. The summed E-state index contributed by atoms with van der Waals surface area (Å²) in [7, 11) is -0.545. The van der Waals surface area contributed by atoms with Crippen molar-refractivity contribution in [1.82, 2.24) is 14.6 Å². The molecule has 0 saturated heterocycles. The summed E-state index contributed by atoms with van der Waals surface area (Å²) in [6.07, 6.45) is 0.307. The van der Waals surface area contributed by atoms with Gasteiger partial charge in [0, 0.05) is 32.8 Å². The van der Waals surface area contributed by atoms with Crippen LogP contribution in [0.5, 0.6) is 0 Å². The lowest BCUT2D eigenvalue weighted by Gasteiger charge is -2.12. The van der Waals surface area contributed by atoms with Crippen molar-refractivity contribution in [2.24, 2.45) is 16.8 Å². The quantitative estimate of drug-likeness (QED) is 0.215. The highest BCUT2D eigenvalue weighted by Gasteiger charge is 2.18. The Balaban J connectivity index is 1.68. The van der Waals surface area contributed by atoms with E-state index in [1.54, 1.807) is 18.2 Å². The maximum Gasteiger partial charge on any atom is 0.321 e. The highest BCUT2D eigenvalue weighted by molar-refractivity contribution is 7.89. The SMILES string of the molecule is C=C(N=C(CCNC(=O)Nc1nc2ccc(-c3cccc(S(=O)(=O)N(C)C)c3)cc2s1)ON)C(C)C. The number of urea groups is 1. The second-order valence-corrected chi connectivity index (χ2v) is 11.6. The number of nitrogens with one attached hydrogen (secondary N) is 2. The smallest absolute Gasteiger partial charge is 0.321 e. The van der Waals surface area contributed by atoms with Gasteiger partial charge in [0.2, 0.25) is 15.9 Å². The molecule has 10 nitrogen and oxygen atoms in total. The van der Waals surface area contributed by atoms with Crippen molar-refractivity contribution in [3.63, 3.8) is 0 Å². The Morgan fingerprint density at radius 2 is 1.94 bits per heavy atom. The van der Waals surface area contributed by atoms with Crippen molar-refractivity contribution in [1.29, 1.82) is 0 Å². The van der Waals surface area contributed by atoms with E-state index < -0.39 is 16.1 Å². The topological polar surface area (TPSA) is 139 Å². The maximum atomic E-state index is 12.5. The number of hydrogen-bond acceptors (Lipinski definition) is 8. The predicted molar refractivity (Wildman–Crippen MR) is 144 cm³/mol. The monoisotopic (exact) mass is 530 g/mol. The Morgan fingerprint density at radius 3 is 2.61 bits per heavy atom. The van der Waals surface area contributed by atoms with Crippen molar-refractivity contribution >= 4 is 48.6 Å². The number of amides is 2. The lowest BCUT2D eigenvalue weighted by molar-refractivity contribution is 0.252. The number of benzene rings is 2. The fourth-order valence-corrected chi connectivity index (χ4v) is 4.91. The molecular weight excluding hydrogens is 500 g/mol. The molecule has 36 heavy (non-hydrogen) atoms. The van der Waals surface area contributed by atoms with E-state index in [1.165, 1.54) is 29.7 Å². The van der Waals surface area contributed by atoms with Gasteiger partial charge in [0.05, 0.1) is 15.1 Å². The summed E-state index contributed by atoms with van der Waals surface area (Å²) in [5.41, 5.74) is 2.96. The molecule has 0 aliphatic carbocycles. The molecule has 2 aromatic carbocycles. The minimum Gasteiger partial charge on any atom is -0.396 e. The zero-order chi connectivity index (χ0) is 26.5. The number of hydrogen-bond donors (Lipinski definition) is 3. The third-order valence-electron chi connectivity index (χ3n) is 5.25. The Morgan fingerprint density at radius 1 is 1.22 bits per heavy atom. The molecule has 2 amide bonds. The minimum atomic E-state index is -3.54. The summed E-state index contributed by atoms with van der Waals surface area (Å²) in [6, 6.07) is 12.0. The van der Waals surface area contributed by atoms with Gasteiger partial charge in [-0.2, -0.15) is 5.90 Å². The molecule has 3 aromatic rings. The third-order valence-corrected chi connectivity index (χ3v) is 7.99. The first-order chi connectivity index (χ1) is 17.0. The van der Waals surface area contributed by atoms with Gasteiger partial charge in [-0.1, -0.05) is 50.0 Å². The van der Waals surface area contributed by atoms with Crippen molar-refractivity contribution in [3.8, 4) is 11.1 Å². The number of rotatable bonds is 9. The molecule has 0 atom stereocenters. The highest BCUT2D eigenvalue weighted by Crippen LogP contribution is 2.31. The fraction of sp³-hybridized carbons (Fsp3) is 0.292. The number of anilines is 1. The molecule has 3 rings (SSSR count). The highest BCUT2D eigenvalue weighted by atomic mass is 32.2. The van der Waals surface area contributed by atoms with E-state index in [9.17, 15) is 13.2 Å². The number of nitrogens with two attached hydrogens (primary N) is 1.